The summed E-state index contributed by atoms with van der Waals surface area (Å²) in [7, 11) is 0. The van der Waals surface area contributed by atoms with Crippen LogP contribution >= 0.6 is 0 Å². The third kappa shape index (κ3) is 2.25. The Labute approximate surface area is 99.6 Å². The zero-order chi connectivity index (χ0) is 11.7. The molecular formula is C12H17N3O2. The molecule has 0 bridgehead atoms. The van der Waals surface area contributed by atoms with E-state index in [1.54, 1.807) is 0 Å². The number of aromatic amines is 1. The Hall–Kier alpha value is -1.20. The van der Waals surface area contributed by atoms with Crippen LogP contribution in [0, 0.1) is 5.92 Å². The lowest BCUT2D eigenvalue weighted by atomic mass is 10.0. The quantitative estimate of drug-likeness (QED) is 0.757. The first-order valence-electron chi connectivity index (χ1n) is 6.22. The zero-order valence-electron chi connectivity index (χ0n) is 9.79. The first-order valence-corrected chi connectivity index (χ1v) is 6.22. The molecule has 5 nitrogen and oxygen atoms in total. The molecule has 1 aromatic rings. The number of ether oxygens (including phenoxy) is 1. The van der Waals surface area contributed by atoms with E-state index in [1.807, 2.05) is 0 Å². The molecule has 1 atom stereocenters. The van der Waals surface area contributed by atoms with Crippen molar-refractivity contribution in [2.75, 3.05) is 19.7 Å². The molecule has 0 amide bonds. The van der Waals surface area contributed by atoms with Gasteiger partial charge in [-0.25, -0.2) is 4.98 Å². The Bertz CT molecular complexity index is 463. The van der Waals surface area contributed by atoms with Gasteiger partial charge in [0.15, 0.2) is 0 Å². The molecule has 0 aliphatic carbocycles. The minimum Gasteiger partial charge on any atom is -0.376 e. The molecule has 1 unspecified atom stereocenters. The summed E-state index contributed by atoms with van der Waals surface area (Å²) in [5, 5.41) is 3.33. The predicted molar refractivity (Wildman–Crippen MR) is 62.9 cm³/mol. The smallest absolute Gasteiger partial charge is 0.256 e. The molecule has 1 fully saturated rings. The SMILES string of the molecule is O=c1[nH]c(CC2CCNC2)nc2c1COCC2. The number of nitrogens with one attached hydrogen (secondary N) is 2. The third-order valence-electron chi connectivity index (χ3n) is 3.52. The lowest BCUT2D eigenvalue weighted by Crippen LogP contribution is -2.26. The van der Waals surface area contributed by atoms with Crippen molar-refractivity contribution in [3.05, 3.63) is 27.4 Å². The van der Waals surface area contributed by atoms with E-state index in [-0.39, 0.29) is 5.56 Å². The summed E-state index contributed by atoms with van der Waals surface area (Å²) < 4.78 is 5.28. The van der Waals surface area contributed by atoms with E-state index in [9.17, 15) is 4.79 Å². The van der Waals surface area contributed by atoms with E-state index in [2.05, 4.69) is 15.3 Å². The highest BCUT2D eigenvalue weighted by Crippen LogP contribution is 2.14. The fraction of sp³-hybridized carbons (Fsp3) is 0.667. The molecule has 5 heteroatoms. The maximum Gasteiger partial charge on any atom is 0.256 e. The minimum atomic E-state index is -0.0179. The highest BCUT2D eigenvalue weighted by Gasteiger charge is 2.19. The van der Waals surface area contributed by atoms with Crippen LogP contribution in [-0.4, -0.2) is 29.7 Å². The summed E-state index contributed by atoms with van der Waals surface area (Å²) >= 11 is 0. The van der Waals surface area contributed by atoms with Gasteiger partial charge in [0.25, 0.3) is 5.56 Å². The first kappa shape index (κ1) is 10.9. The van der Waals surface area contributed by atoms with Crippen LogP contribution in [0.25, 0.3) is 0 Å². The lowest BCUT2D eigenvalue weighted by molar-refractivity contribution is 0.107. The lowest BCUT2D eigenvalue weighted by Gasteiger charge is -2.16. The van der Waals surface area contributed by atoms with Gasteiger partial charge in [-0.1, -0.05) is 0 Å². The van der Waals surface area contributed by atoms with Crippen LogP contribution in [0.5, 0.6) is 0 Å². The zero-order valence-corrected chi connectivity index (χ0v) is 9.79. The fourth-order valence-corrected chi connectivity index (χ4v) is 2.55. The molecule has 3 heterocycles. The number of hydrogen-bond acceptors (Lipinski definition) is 4. The highest BCUT2D eigenvalue weighted by molar-refractivity contribution is 5.19. The average molecular weight is 235 g/mol. The largest absolute Gasteiger partial charge is 0.376 e. The van der Waals surface area contributed by atoms with E-state index in [0.717, 1.165) is 37.4 Å². The minimum absolute atomic E-state index is 0.0179. The molecule has 2 N–H and O–H groups in total. The molecule has 0 radical (unpaired) electrons. The average Bonchev–Trinajstić information content (AvgIpc) is 2.82. The molecule has 3 rings (SSSR count). The molecule has 92 valence electrons. The Morgan fingerprint density at radius 1 is 1.47 bits per heavy atom. The predicted octanol–water partition coefficient (Wildman–Crippen LogP) is -0.00540. The summed E-state index contributed by atoms with van der Waals surface area (Å²) in [6, 6.07) is 0. The van der Waals surface area contributed by atoms with Crippen LogP contribution in [0.1, 0.15) is 23.5 Å². The van der Waals surface area contributed by atoms with Gasteiger partial charge in [0.05, 0.1) is 24.5 Å². The Morgan fingerprint density at radius 3 is 3.24 bits per heavy atom. The molecule has 0 saturated carbocycles. The third-order valence-corrected chi connectivity index (χ3v) is 3.52. The molecular weight excluding hydrogens is 218 g/mol. The van der Waals surface area contributed by atoms with Crippen LogP contribution < -0.4 is 10.9 Å². The van der Waals surface area contributed by atoms with Crippen molar-refractivity contribution < 1.29 is 4.74 Å². The van der Waals surface area contributed by atoms with Crippen LogP contribution in [0.3, 0.4) is 0 Å². The Kier molecular flexibility index (Phi) is 2.94. The van der Waals surface area contributed by atoms with Crippen LogP contribution in [0.2, 0.25) is 0 Å². The fourth-order valence-electron chi connectivity index (χ4n) is 2.55. The van der Waals surface area contributed by atoms with Gasteiger partial charge in [-0.05, 0) is 25.4 Å². The topological polar surface area (TPSA) is 67.0 Å². The van der Waals surface area contributed by atoms with Crippen molar-refractivity contribution in [3.63, 3.8) is 0 Å². The molecule has 0 aromatic carbocycles. The van der Waals surface area contributed by atoms with Gasteiger partial charge in [-0.15, -0.1) is 0 Å². The normalized spacial score (nSPS) is 23.6. The van der Waals surface area contributed by atoms with E-state index in [0.29, 0.717) is 24.7 Å². The van der Waals surface area contributed by atoms with Crippen molar-refractivity contribution in [2.24, 2.45) is 5.92 Å². The second-order valence-electron chi connectivity index (χ2n) is 4.80. The number of hydrogen-bond donors (Lipinski definition) is 2. The van der Waals surface area contributed by atoms with Crippen molar-refractivity contribution in [3.8, 4) is 0 Å². The standard InChI is InChI=1S/C12H17N3O2/c16-12-9-7-17-4-2-10(9)14-11(15-12)5-8-1-3-13-6-8/h8,13H,1-7H2,(H,14,15,16). The van der Waals surface area contributed by atoms with Gasteiger partial charge in [-0.2, -0.15) is 0 Å². The van der Waals surface area contributed by atoms with Gasteiger partial charge >= 0.3 is 0 Å². The summed E-state index contributed by atoms with van der Waals surface area (Å²) in [4.78, 5) is 19.3. The number of fused-ring (bicyclic) bond motifs is 1. The molecule has 1 saturated heterocycles. The van der Waals surface area contributed by atoms with E-state index in [1.165, 1.54) is 6.42 Å². The van der Waals surface area contributed by atoms with Crippen molar-refractivity contribution in [1.82, 2.24) is 15.3 Å². The Morgan fingerprint density at radius 2 is 2.41 bits per heavy atom. The second-order valence-corrected chi connectivity index (χ2v) is 4.80. The van der Waals surface area contributed by atoms with E-state index < -0.39 is 0 Å². The van der Waals surface area contributed by atoms with E-state index >= 15 is 0 Å². The van der Waals surface area contributed by atoms with Crippen molar-refractivity contribution in [2.45, 2.75) is 25.9 Å². The number of H-pyrrole nitrogens is 1. The molecule has 2 aliphatic rings. The number of aromatic nitrogens is 2. The summed E-state index contributed by atoms with van der Waals surface area (Å²) in [5.74, 6) is 1.44. The number of rotatable bonds is 2. The van der Waals surface area contributed by atoms with Crippen LogP contribution in [0.15, 0.2) is 4.79 Å². The van der Waals surface area contributed by atoms with Crippen molar-refractivity contribution in [1.29, 1.82) is 0 Å². The monoisotopic (exact) mass is 235 g/mol. The van der Waals surface area contributed by atoms with Crippen LogP contribution in [-0.2, 0) is 24.2 Å². The van der Waals surface area contributed by atoms with Gasteiger partial charge in [0, 0.05) is 12.8 Å². The van der Waals surface area contributed by atoms with Crippen LogP contribution in [0.4, 0.5) is 0 Å². The van der Waals surface area contributed by atoms with Gasteiger partial charge in [0.1, 0.15) is 5.82 Å². The van der Waals surface area contributed by atoms with E-state index in [4.69, 9.17) is 4.74 Å². The van der Waals surface area contributed by atoms with Gasteiger partial charge < -0.3 is 15.0 Å². The van der Waals surface area contributed by atoms with Crippen molar-refractivity contribution >= 4 is 0 Å². The highest BCUT2D eigenvalue weighted by atomic mass is 16.5. The molecule has 2 aliphatic heterocycles. The Balaban J connectivity index is 1.85. The molecule has 17 heavy (non-hydrogen) atoms. The summed E-state index contributed by atoms with van der Waals surface area (Å²) in [6.07, 6.45) is 2.80. The first-order chi connectivity index (χ1) is 8.33. The molecule has 0 spiro atoms. The summed E-state index contributed by atoms with van der Waals surface area (Å²) in [6.45, 7) is 3.19. The number of nitrogens with zero attached hydrogens (tertiary/aromatic N) is 1. The maximum atomic E-state index is 11.9. The van der Waals surface area contributed by atoms with Gasteiger partial charge in [0.2, 0.25) is 0 Å². The maximum absolute atomic E-state index is 11.9. The second kappa shape index (κ2) is 4.58. The summed E-state index contributed by atoms with van der Waals surface area (Å²) in [5.41, 5.74) is 1.63. The van der Waals surface area contributed by atoms with Gasteiger partial charge in [-0.3, -0.25) is 4.79 Å². The molecule has 1 aromatic heterocycles.